The van der Waals surface area contributed by atoms with Gasteiger partial charge in [-0.25, -0.2) is 15.3 Å². The molecule has 0 bridgehead atoms. The molecule has 2 heterocycles. The number of aromatic carboxylic acids is 1. The zero-order chi connectivity index (χ0) is 27.5. The molecule has 0 aliphatic carbocycles. The first-order valence-electron chi connectivity index (χ1n) is 12.8. The lowest BCUT2D eigenvalue weighted by atomic mass is 9.98. The molecule has 0 spiro atoms. The van der Waals surface area contributed by atoms with Gasteiger partial charge in [0.15, 0.2) is 5.88 Å². The third-order valence-electron chi connectivity index (χ3n) is 6.99. The molecule has 1 aromatic heterocycles. The first-order valence-corrected chi connectivity index (χ1v) is 12.8. The number of aromatic nitrogens is 1. The Morgan fingerprint density at radius 3 is 2.38 bits per heavy atom. The molecule has 9 nitrogen and oxygen atoms in total. The van der Waals surface area contributed by atoms with Crippen LogP contribution in [-0.4, -0.2) is 63.9 Å². The predicted molar refractivity (Wildman–Crippen MR) is 149 cm³/mol. The third kappa shape index (κ3) is 5.69. The molecule has 0 radical (unpaired) electrons. The number of carbonyl (C=O) groups excluding carboxylic acids is 1. The topological polar surface area (TPSA) is 127 Å². The average molecular weight is 527 g/mol. The number of rotatable bonds is 7. The van der Waals surface area contributed by atoms with Crippen LogP contribution in [0.15, 0.2) is 71.7 Å². The van der Waals surface area contributed by atoms with E-state index in [4.69, 9.17) is 9.83 Å². The van der Waals surface area contributed by atoms with Crippen molar-refractivity contribution in [2.75, 3.05) is 20.1 Å². The molecule has 200 valence electrons. The Morgan fingerprint density at radius 2 is 1.72 bits per heavy atom. The minimum absolute atomic E-state index is 0.00141. The summed E-state index contributed by atoms with van der Waals surface area (Å²) in [7, 11) is 2.07. The number of hydrogen-bond acceptors (Lipinski definition) is 6. The lowest BCUT2D eigenvalue weighted by Gasteiger charge is -2.28. The maximum atomic E-state index is 12.6. The van der Waals surface area contributed by atoms with Gasteiger partial charge in [-0.2, -0.15) is 0 Å². The van der Waals surface area contributed by atoms with E-state index in [1.54, 1.807) is 37.3 Å². The number of aromatic hydroxyl groups is 1. The Bertz CT molecular complexity index is 1540. The standard InChI is InChI=1S/C30H30N4O5/c1-18-16-24-25(17-23(18)30(37)38)32-29(36)26(24)27(19-6-4-3-5-7-19)31-21-10-8-20(9-11-21)28(35)33-39-22-12-14-34(2)15-13-22/h3-11,16-17,22,32,36H,12-15H2,1-2H3,(H,33,35)(H,37,38). The molecular formula is C30H30N4O5. The van der Waals surface area contributed by atoms with Gasteiger partial charge in [0.05, 0.1) is 28.6 Å². The summed E-state index contributed by atoms with van der Waals surface area (Å²) < 4.78 is 0. The molecule has 0 saturated carbocycles. The van der Waals surface area contributed by atoms with Crippen LogP contribution in [0, 0.1) is 6.92 Å². The number of carbonyl (C=O) groups is 2. The van der Waals surface area contributed by atoms with E-state index in [-0.39, 0.29) is 23.5 Å². The molecule has 1 amide bonds. The molecule has 1 fully saturated rings. The van der Waals surface area contributed by atoms with Crippen LogP contribution in [0.4, 0.5) is 5.69 Å². The van der Waals surface area contributed by atoms with E-state index in [0.717, 1.165) is 31.5 Å². The summed E-state index contributed by atoms with van der Waals surface area (Å²) in [5.41, 5.74) is 6.53. The number of amides is 1. The van der Waals surface area contributed by atoms with Crippen molar-refractivity contribution in [3.05, 3.63) is 94.5 Å². The van der Waals surface area contributed by atoms with Crippen LogP contribution in [0.1, 0.15) is 50.2 Å². The number of piperidine rings is 1. The molecule has 3 aromatic carbocycles. The summed E-state index contributed by atoms with van der Waals surface area (Å²) in [4.78, 5) is 39.8. The van der Waals surface area contributed by atoms with Gasteiger partial charge in [-0.15, -0.1) is 0 Å². The Kier molecular flexibility index (Phi) is 7.44. The molecule has 39 heavy (non-hydrogen) atoms. The van der Waals surface area contributed by atoms with Crippen molar-refractivity contribution in [2.45, 2.75) is 25.9 Å². The number of carboxylic acids is 1. The largest absolute Gasteiger partial charge is 0.494 e. The zero-order valence-electron chi connectivity index (χ0n) is 21.8. The molecule has 1 saturated heterocycles. The number of aliphatic imine (C=N–C) groups is 1. The van der Waals surface area contributed by atoms with Crippen molar-refractivity contribution in [2.24, 2.45) is 4.99 Å². The van der Waals surface area contributed by atoms with Crippen LogP contribution in [0.3, 0.4) is 0 Å². The molecule has 5 rings (SSSR count). The highest BCUT2D eigenvalue weighted by atomic mass is 16.7. The van der Waals surface area contributed by atoms with Crippen molar-refractivity contribution in [1.82, 2.24) is 15.4 Å². The van der Waals surface area contributed by atoms with E-state index in [0.29, 0.717) is 39.0 Å². The van der Waals surface area contributed by atoms with E-state index in [1.165, 1.54) is 6.07 Å². The van der Waals surface area contributed by atoms with Crippen molar-refractivity contribution in [3.8, 4) is 5.88 Å². The molecule has 1 aliphatic rings. The van der Waals surface area contributed by atoms with Crippen LogP contribution >= 0.6 is 0 Å². The highest BCUT2D eigenvalue weighted by Crippen LogP contribution is 2.33. The first kappa shape index (κ1) is 26.1. The van der Waals surface area contributed by atoms with Crippen LogP contribution in [-0.2, 0) is 4.84 Å². The fourth-order valence-electron chi connectivity index (χ4n) is 4.78. The lowest BCUT2D eigenvalue weighted by molar-refractivity contribution is -0.0400. The number of nitrogens with one attached hydrogen (secondary N) is 2. The number of fused-ring (bicyclic) bond motifs is 1. The smallest absolute Gasteiger partial charge is 0.336 e. The number of likely N-dealkylation sites (tertiary alicyclic amines) is 1. The zero-order valence-corrected chi connectivity index (χ0v) is 21.8. The minimum Gasteiger partial charge on any atom is -0.494 e. The lowest BCUT2D eigenvalue weighted by Crippen LogP contribution is -2.38. The number of benzene rings is 3. The van der Waals surface area contributed by atoms with E-state index in [9.17, 15) is 19.8 Å². The van der Waals surface area contributed by atoms with Gasteiger partial charge in [-0.1, -0.05) is 30.3 Å². The van der Waals surface area contributed by atoms with E-state index in [2.05, 4.69) is 22.4 Å². The Balaban J connectivity index is 1.45. The number of aromatic amines is 1. The van der Waals surface area contributed by atoms with Crippen molar-refractivity contribution in [1.29, 1.82) is 0 Å². The molecule has 1 aliphatic heterocycles. The second kappa shape index (κ2) is 11.1. The van der Waals surface area contributed by atoms with Crippen molar-refractivity contribution >= 4 is 34.2 Å². The fourth-order valence-corrected chi connectivity index (χ4v) is 4.78. The maximum absolute atomic E-state index is 12.6. The summed E-state index contributed by atoms with van der Waals surface area (Å²) >= 11 is 0. The Hall–Kier alpha value is -4.47. The highest BCUT2D eigenvalue weighted by molar-refractivity contribution is 6.22. The van der Waals surface area contributed by atoms with Gasteiger partial charge in [0, 0.05) is 35.1 Å². The summed E-state index contributed by atoms with van der Waals surface area (Å²) in [6.45, 7) is 3.59. The van der Waals surface area contributed by atoms with Gasteiger partial charge in [0.25, 0.3) is 5.91 Å². The number of hydrogen-bond donors (Lipinski definition) is 4. The van der Waals surface area contributed by atoms with Gasteiger partial charge in [-0.3, -0.25) is 9.63 Å². The fraction of sp³-hybridized carbons (Fsp3) is 0.233. The molecule has 4 N–H and O–H groups in total. The van der Waals surface area contributed by atoms with Gasteiger partial charge in [-0.05, 0) is 68.8 Å². The number of nitrogens with zero attached hydrogens (tertiary/aromatic N) is 2. The summed E-state index contributed by atoms with van der Waals surface area (Å²) in [5, 5.41) is 21.1. The molecule has 0 unspecified atom stereocenters. The highest BCUT2D eigenvalue weighted by Gasteiger charge is 2.22. The van der Waals surface area contributed by atoms with Crippen LogP contribution in [0.5, 0.6) is 5.88 Å². The quantitative estimate of drug-likeness (QED) is 0.202. The number of carboxylic acid groups (broad SMARTS) is 1. The van der Waals surface area contributed by atoms with Gasteiger partial charge < -0.3 is 20.1 Å². The van der Waals surface area contributed by atoms with Crippen molar-refractivity contribution in [3.63, 3.8) is 0 Å². The number of hydroxylamine groups is 1. The number of aryl methyl sites for hydroxylation is 1. The second-order valence-corrected chi connectivity index (χ2v) is 9.79. The molecule has 9 heteroatoms. The summed E-state index contributed by atoms with van der Waals surface area (Å²) in [6.07, 6.45) is 1.73. The maximum Gasteiger partial charge on any atom is 0.336 e. The average Bonchev–Trinajstić information content (AvgIpc) is 3.25. The predicted octanol–water partition coefficient (Wildman–Crippen LogP) is 4.80. The Morgan fingerprint density at radius 1 is 1.03 bits per heavy atom. The Labute approximate surface area is 225 Å². The molecular weight excluding hydrogens is 496 g/mol. The van der Waals surface area contributed by atoms with Gasteiger partial charge in [0.2, 0.25) is 0 Å². The first-order chi connectivity index (χ1) is 18.8. The van der Waals surface area contributed by atoms with Gasteiger partial charge >= 0.3 is 5.97 Å². The van der Waals surface area contributed by atoms with Crippen molar-refractivity contribution < 1.29 is 24.6 Å². The molecule has 0 atom stereocenters. The van der Waals surface area contributed by atoms with E-state index < -0.39 is 5.97 Å². The number of H-pyrrole nitrogens is 1. The monoisotopic (exact) mass is 526 g/mol. The second-order valence-electron chi connectivity index (χ2n) is 9.79. The van der Waals surface area contributed by atoms with Crippen LogP contribution in [0.2, 0.25) is 0 Å². The third-order valence-corrected chi connectivity index (χ3v) is 6.99. The van der Waals surface area contributed by atoms with Gasteiger partial charge in [0.1, 0.15) is 0 Å². The summed E-state index contributed by atoms with van der Waals surface area (Å²) in [6, 6.07) is 19.5. The van der Waals surface area contributed by atoms with E-state index in [1.807, 2.05) is 30.3 Å². The van der Waals surface area contributed by atoms with Crippen LogP contribution in [0.25, 0.3) is 10.9 Å². The van der Waals surface area contributed by atoms with E-state index >= 15 is 0 Å². The normalized spacial score (nSPS) is 15.0. The SMILES string of the molecule is Cc1cc2c(C(=Nc3ccc(C(=O)NOC4CCN(C)CC4)cc3)c3ccccc3)c(O)[nH]c2cc1C(=O)O. The minimum atomic E-state index is -1.04. The van der Waals surface area contributed by atoms with Crippen LogP contribution < -0.4 is 5.48 Å². The summed E-state index contributed by atoms with van der Waals surface area (Å²) in [5.74, 6) is -1.48. The molecule has 4 aromatic rings.